The summed E-state index contributed by atoms with van der Waals surface area (Å²) in [6, 6.07) is 9.20. The third-order valence-electron chi connectivity index (χ3n) is 3.97. The first-order chi connectivity index (χ1) is 11.9. The number of nitrogens with zero attached hydrogens (tertiary/aromatic N) is 2. The normalized spacial score (nSPS) is 16.4. The number of benzene rings is 2. The summed E-state index contributed by atoms with van der Waals surface area (Å²) < 4.78 is 5.68. The molecule has 1 amide bonds. The Morgan fingerprint density at radius 2 is 2.00 bits per heavy atom. The number of nitro groups is 1. The van der Waals surface area contributed by atoms with E-state index in [2.05, 4.69) is 0 Å². The zero-order chi connectivity index (χ0) is 18.1. The van der Waals surface area contributed by atoms with E-state index in [-0.39, 0.29) is 18.1 Å². The zero-order valence-corrected chi connectivity index (χ0v) is 14.8. The molecule has 0 spiro atoms. The van der Waals surface area contributed by atoms with Crippen LogP contribution in [0.1, 0.15) is 18.9 Å². The van der Waals surface area contributed by atoms with Crippen LogP contribution >= 0.6 is 23.2 Å². The molecule has 2 aromatic rings. The lowest BCUT2D eigenvalue weighted by molar-refractivity contribution is -0.384. The molecule has 0 saturated carbocycles. The summed E-state index contributed by atoms with van der Waals surface area (Å²) in [7, 11) is 0. The Balaban J connectivity index is 2.05. The van der Waals surface area contributed by atoms with Crippen molar-refractivity contribution in [2.75, 3.05) is 4.90 Å². The number of anilines is 1. The molecule has 130 valence electrons. The van der Waals surface area contributed by atoms with Crippen LogP contribution in [-0.4, -0.2) is 16.9 Å². The summed E-state index contributed by atoms with van der Waals surface area (Å²) in [5, 5.41) is 12.0. The van der Waals surface area contributed by atoms with E-state index in [4.69, 9.17) is 27.9 Å². The largest absolute Gasteiger partial charge is 0.478 e. The molecule has 1 aliphatic heterocycles. The maximum Gasteiger partial charge on any atom is 0.271 e. The molecule has 8 heteroatoms. The molecule has 3 rings (SSSR count). The number of carbonyl (C=O) groups excluding carboxylic acids is 1. The van der Waals surface area contributed by atoms with Gasteiger partial charge in [0.15, 0.2) is 6.10 Å². The molecule has 0 N–H and O–H groups in total. The first-order valence-corrected chi connectivity index (χ1v) is 8.36. The van der Waals surface area contributed by atoms with Gasteiger partial charge >= 0.3 is 0 Å². The molecule has 1 aliphatic rings. The highest BCUT2D eigenvalue weighted by atomic mass is 35.5. The van der Waals surface area contributed by atoms with E-state index in [0.29, 0.717) is 33.5 Å². The van der Waals surface area contributed by atoms with Crippen molar-refractivity contribution in [1.82, 2.24) is 0 Å². The Morgan fingerprint density at radius 1 is 1.24 bits per heavy atom. The maximum atomic E-state index is 12.7. The van der Waals surface area contributed by atoms with Crippen molar-refractivity contribution in [2.45, 2.75) is 26.0 Å². The molecule has 0 saturated heterocycles. The average Bonchev–Trinajstić information content (AvgIpc) is 2.58. The smallest absolute Gasteiger partial charge is 0.271 e. The fraction of sp³-hybridized carbons (Fsp3) is 0.235. The van der Waals surface area contributed by atoms with E-state index in [1.807, 2.05) is 6.92 Å². The number of hydrogen-bond donors (Lipinski definition) is 0. The molecular weight excluding hydrogens is 367 g/mol. The molecule has 25 heavy (non-hydrogen) atoms. The quantitative estimate of drug-likeness (QED) is 0.573. The highest BCUT2D eigenvalue weighted by Crippen LogP contribution is 2.39. The summed E-state index contributed by atoms with van der Waals surface area (Å²) in [5.74, 6) is 0.170. The number of halogens is 2. The van der Waals surface area contributed by atoms with Crippen LogP contribution in [0.25, 0.3) is 0 Å². The van der Waals surface area contributed by atoms with Crippen molar-refractivity contribution in [3.8, 4) is 5.75 Å². The average molecular weight is 381 g/mol. The van der Waals surface area contributed by atoms with Crippen molar-refractivity contribution >= 4 is 40.5 Å². The van der Waals surface area contributed by atoms with Gasteiger partial charge in [-0.1, -0.05) is 36.2 Å². The first-order valence-electron chi connectivity index (χ1n) is 7.61. The molecule has 0 aromatic heterocycles. The van der Waals surface area contributed by atoms with Crippen LogP contribution in [0.4, 0.5) is 11.4 Å². The van der Waals surface area contributed by atoms with E-state index >= 15 is 0 Å². The standard InChI is InChI=1S/C17H14Cl2N2O4/c1-2-15-17(22)20(9-10-3-4-11(18)7-13(10)19)14-8-12(21(23)24)5-6-16(14)25-15/h3-8,15H,2,9H2,1H3. The van der Waals surface area contributed by atoms with Gasteiger partial charge in [0.05, 0.1) is 17.2 Å². The summed E-state index contributed by atoms with van der Waals surface area (Å²) in [4.78, 5) is 24.8. The van der Waals surface area contributed by atoms with Crippen LogP contribution in [-0.2, 0) is 11.3 Å². The van der Waals surface area contributed by atoms with Gasteiger partial charge in [-0.15, -0.1) is 0 Å². The highest BCUT2D eigenvalue weighted by Gasteiger charge is 2.34. The van der Waals surface area contributed by atoms with Crippen LogP contribution in [0.15, 0.2) is 36.4 Å². The Hall–Kier alpha value is -2.31. The molecule has 0 radical (unpaired) electrons. The van der Waals surface area contributed by atoms with Gasteiger partial charge in [0.2, 0.25) is 0 Å². The minimum absolute atomic E-state index is 0.114. The lowest BCUT2D eigenvalue weighted by atomic mass is 10.1. The predicted octanol–water partition coefficient (Wildman–Crippen LogP) is 4.61. The van der Waals surface area contributed by atoms with E-state index in [0.717, 1.165) is 0 Å². The van der Waals surface area contributed by atoms with Gasteiger partial charge in [-0.2, -0.15) is 0 Å². The van der Waals surface area contributed by atoms with Crippen molar-refractivity contribution in [1.29, 1.82) is 0 Å². The zero-order valence-electron chi connectivity index (χ0n) is 13.2. The van der Waals surface area contributed by atoms with E-state index < -0.39 is 11.0 Å². The van der Waals surface area contributed by atoms with Crippen molar-refractivity contribution in [3.63, 3.8) is 0 Å². The SMILES string of the molecule is CCC1Oc2ccc([N+](=O)[O-])cc2N(Cc2ccc(Cl)cc2Cl)C1=O. The van der Waals surface area contributed by atoms with Crippen LogP contribution in [0.3, 0.4) is 0 Å². The van der Waals surface area contributed by atoms with Crippen LogP contribution in [0, 0.1) is 10.1 Å². The molecule has 0 fully saturated rings. The molecule has 1 heterocycles. The van der Waals surface area contributed by atoms with E-state index in [1.54, 1.807) is 18.2 Å². The molecule has 2 aromatic carbocycles. The van der Waals surface area contributed by atoms with Crippen LogP contribution in [0.2, 0.25) is 10.0 Å². The predicted molar refractivity (Wildman–Crippen MR) is 95.5 cm³/mol. The van der Waals surface area contributed by atoms with Crippen LogP contribution in [0.5, 0.6) is 5.75 Å². The van der Waals surface area contributed by atoms with Gasteiger partial charge in [0, 0.05) is 22.2 Å². The number of amides is 1. The molecule has 6 nitrogen and oxygen atoms in total. The molecule has 1 unspecified atom stereocenters. The summed E-state index contributed by atoms with van der Waals surface area (Å²) >= 11 is 12.1. The summed E-state index contributed by atoms with van der Waals surface area (Å²) in [6.07, 6.45) is -0.153. The Labute approximate surface area is 154 Å². The van der Waals surface area contributed by atoms with Gasteiger partial charge in [0.25, 0.3) is 11.6 Å². The number of ether oxygens (including phenoxy) is 1. The van der Waals surface area contributed by atoms with Gasteiger partial charge in [-0.25, -0.2) is 0 Å². The monoisotopic (exact) mass is 380 g/mol. The number of nitro benzene ring substituents is 1. The molecule has 1 atom stereocenters. The minimum atomic E-state index is -0.639. The second-order valence-electron chi connectivity index (χ2n) is 5.58. The fourth-order valence-corrected chi connectivity index (χ4v) is 3.14. The second-order valence-corrected chi connectivity index (χ2v) is 6.43. The third-order valence-corrected chi connectivity index (χ3v) is 4.56. The molecular formula is C17H14Cl2N2O4. The number of rotatable bonds is 4. The lowest BCUT2D eigenvalue weighted by Gasteiger charge is -2.34. The topological polar surface area (TPSA) is 72.7 Å². The summed E-state index contributed by atoms with van der Waals surface area (Å²) in [6.45, 7) is 2.01. The van der Waals surface area contributed by atoms with Gasteiger partial charge in [-0.05, 0) is 30.2 Å². The minimum Gasteiger partial charge on any atom is -0.478 e. The van der Waals surface area contributed by atoms with Gasteiger partial charge in [-0.3, -0.25) is 14.9 Å². The van der Waals surface area contributed by atoms with Gasteiger partial charge in [0.1, 0.15) is 5.75 Å². The number of non-ortho nitro benzene ring substituents is 1. The highest BCUT2D eigenvalue weighted by molar-refractivity contribution is 6.35. The summed E-state index contributed by atoms with van der Waals surface area (Å²) in [5.41, 5.74) is 0.931. The molecule has 0 bridgehead atoms. The van der Waals surface area contributed by atoms with Crippen molar-refractivity contribution < 1.29 is 14.5 Å². The number of fused-ring (bicyclic) bond motifs is 1. The van der Waals surface area contributed by atoms with Crippen LogP contribution < -0.4 is 9.64 Å². The van der Waals surface area contributed by atoms with E-state index in [9.17, 15) is 14.9 Å². The number of hydrogen-bond acceptors (Lipinski definition) is 4. The second kappa shape index (κ2) is 6.90. The Morgan fingerprint density at radius 3 is 2.64 bits per heavy atom. The fourth-order valence-electron chi connectivity index (χ4n) is 2.67. The lowest BCUT2D eigenvalue weighted by Crippen LogP contribution is -2.45. The van der Waals surface area contributed by atoms with E-state index in [1.165, 1.54) is 23.1 Å². The Bertz CT molecular complexity index is 857. The number of carbonyl (C=O) groups is 1. The maximum absolute atomic E-state index is 12.7. The van der Waals surface area contributed by atoms with Crippen molar-refractivity contribution in [3.05, 3.63) is 62.1 Å². The van der Waals surface area contributed by atoms with Crippen molar-refractivity contribution in [2.24, 2.45) is 0 Å². The molecule has 0 aliphatic carbocycles. The Kier molecular flexibility index (Phi) is 4.83. The third kappa shape index (κ3) is 3.41. The van der Waals surface area contributed by atoms with Gasteiger partial charge < -0.3 is 9.64 Å². The first kappa shape index (κ1) is 17.5.